The average Bonchev–Trinajstić information content (AvgIpc) is 2.79. The summed E-state index contributed by atoms with van der Waals surface area (Å²) >= 11 is 1.35. The van der Waals surface area contributed by atoms with Crippen LogP contribution in [0.1, 0.15) is 32.1 Å². The fraction of sp³-hybridized carbons (Fsp3) is 0.200. The van der Waals surface area contributed by atoms with Gasteiger partial charge in [0.1, 0.15) is 5.75 Å². The molecule has 19 heavy (non-hydrogen) atoms. The molecule has 1 heterocycles. The van der Waals surface area contributed by atoms with E-state index in [2.05, 4.69) is 4.98 Å². The van der Waals surface area contributed by atoms with Gasteiger partial charge in [-0.05, 0) is 55.7 Å². The molecule has 0 radical (unpaired) electrons. The van der Waals surface area contributed by atoms with E-state index >= 15 is 0 Å². The minimum absolute atomic E-state index is 0.0385. The van der Waals surface area contributed by atoms with Gasteiger partial charge in [0.15, 0.2) is 5.78 Å². The summed E-state index contributed by atoms with van der Waals surface area (Å²) in [6, 6.07) is 3.71. The van der Waals surface area contributed by atoms with Crippen LogP contribution in [0.2, 0.25) is 0 Å². The highest BCUT2D eigenvalue weighted by atomic mass is 32.1. The van der Waals surface area contributed by atoms with Gasteiger partial charge >= 0.3 is 0 Å². The van der Waals surface area contributed by atoms with Gasteiger partial charge in [-0.3, -0.25) is 4.79 Å². The maximum atomic E-state index is 12.0. The quantitative estimate of drug-likeness (QED) is 0.685. The van der Waals surface area contributed by atoms with Crippen molar-refractivity contribution < 1.29 is 9.90 Å². The second-order valence-electron chi connectivity index (χ2n) is 4.47. The minimum Gasteiger partial charge on any atom is -0.507 e. The summed E-state index contributed by atoms with van der Waals surface area (Å²) in [7, 11) is 0. The largest absolute Gasteiger partial charge is 0.507 e. The van der Waals surface area contributed by atoms with E-state index in [0.717, 1.165) is 22.4 Å². The number of carbonyl (C=O) groups is 1. The lowest BCUT2D eigenvalue weighted by Gasteiger charge is -2.04. The van der Waals surface area contributed by atoms with Gasteiger partial charge in [0.25, 0.3) is 0 Å². The lowest BCUT2D eigenvalue weighted by atomic mass is 10.0. The molecule has 0 fully saturated rings. The average molecular weight is 273 g/mol. The van der Waals surface area contributed by atoms with Crippen LogP contribution in [0.3, 0.4) is 0 Å². The molecule has 0 amide bonds. The van der Waals surface area contributed by atoms with Gasteiger partial charge in [0.05, 0.1) is 16.1 Å². The Morgan fingerprint density at radius 2 is 1.89 bits per heavy atom. The number of aromatic nitrogens is 1. The van der Waals surface area contributed by atoms with Crippen LogP contribution in [0.4, 0.5) is 0 Å². The second-order valence-corrected chi connectivity index (χ2v) is 5.32. The smallest absolute Gasteiger partial charge is 0.197 e. The number of rotatable bonds is 3. The predicted octanol–water partition coefficient (Wildman–Crippen LogP) is 3.67. The van der Waals surface area contributed by atoms with Crippen molar-refractivity contribution in [2.24, 2.45) is 0 Å². The van der Waals surface area contributed by atoms with Crippen molar-refractivity contribution in [1.29, 1.82) is 0 Å². The molecule has 1 aromatic heterocycles. The molecule has 0 atom stereocenters. The van der Waals surface area contributed by atoms with E-state index in [1.807, 2.05) is 32.9 Å². The molecule has 98 valence electrons. The Bertz CT molecular complexity index is 633. The number of allylic oxidation sites excluding steroid dienone is 1. The molecule has 0 saturated heterocycles. The zero-order valence-corrected chi connectivity index (χ0v) is 11.9. The number of benzene rings is 1. The van der Waals surface area contributed by atoms with E-state index in [4.69, 9.17) is 0 Å². The van der Waals surface area contributed by atoms with Gasteiger partial charge in [0, 0.05) is 0 Å². The molecule has 4 heteroatoms. The number of aryl methyl sites for hydroxylation is 3. The molecule has 0 unspecified atom stereocenters. The van der Waals surface area contributed by atoms with Crippen LogP contribution in [0.5, 0.6) is 5.75 Å². The summed E-state index contributed by atoms with van der Waals surface area (Å²) in [6.45, 7) is 5.51. The topological polar surface area (TPSA) is 50.2 Å². The number of phenolic OH excluding ortho intramolecular Hbond substituents is 1. The summed E-state index contributed by atoms with van der Waals surface area (Å²) in [4.78, 5) is 16.7. The Labute approximate surface area is 116 Å². The molecule has 0 spiro atoms. The Balaban J connectivity index is 2.24. The van der Waals surface area contributed by atoms with Gasteiger partial charge in [-0.25, -0.2) is 4.98 Å². The third-order valence-corrected chi connectivity index (χ3v) is 3.85. The lowest BCUT2D eigenvalue weighted by Crippen LogP contribution is -1.93. The molecule has 2 rings (SSSR count). The summed E-state index contributed by atoms with van der Waals surface area (Å²) in [5.41, 5.74) is 4.95. The molecule has 1 N–H and O–H groups in total. The first-order chi connectivity index (χ1) is 8.99. The minimum atomic E-state index is -0.0385. The van der Waals surface area contributed by atoms with Crippen LogP contribution >= 0.6 is 11.3 Å². The summed E-state index contributed by atoms with van der Waals surface area (Å²) in [6.07, 6.45) is 3.31. The van der Waals surface area contributed by atoms with E-state index < -0.39 is 0 Å². The Kier molecular flexibility index (Phi) is 3.81. The van der Waals surface area contributed by atoms with Gasteiger partial charge in [0.2, 0.25) is 0 Å². The van der Waals surface area contributed by atoms with Gasteiger partial charge in [-0.15, -0.1) is 11.3 Å². The maximum Gasteiger partial charge on any atom is 0.197 e. The molecule has 0 bridgehead atoms. The van der Waals surface area contributed by atoms with Crippen LogP contribution in [0.15, 0.2) is 23.7 Å². The third-order valence-electron chi connectivity index (χ3n) is 2.91. The van der Waals surface area contributed by atoms with Gasteiger partial charge < -0.3 is 5.11 Å². The van der Waals surface area contributed by atoms with Gasteiger partial charge in [-0.1, -0.05) is 6.08 Å². The molecule has 2 aromatic rings. The number of hydrogen-bond donors (Lipinski definition) is 1. The number of phenols is 1. The molecule has 3 nitrogen and oxygen atoms in total. The van der Waals surface area contributed by atoms with Crippen molar-refractivity contribution in [2.45, 2.75) is 20.8 Å². The fourth-order valence-corrected chi connectivity index (χ4v) is 2.60. The lowest BCUT2D eigenvalue weighted by molar-refractivity contribution is 0.105. The van der Waals surface area contributed by atoms with Crippen molar-refractivity contribution in [3.63, 3.8) is 0 Å². The Morgan fingerprint density at radius 3 is 2.42 bits per heavy atom. The Morgan fingerprint density at radius 1 is 1.26 bits per heavy atom. The monoisotopic (exact) mass is 273 g/mol. The summed E-state index contributed by atoms with van der Waals surface area (Å²) in [5.74, 6) is 0.269. The fourth-order valence-electron chi connectivity index (χ4n) is 1.87. The number of thiazole rings is 1. The maximum absolute atomic E-state index is 12.0. The molecule has 1 aromatic carbocycles. The van der Waals surface area contributed by atoms with E-state index in [0.29, 0.717) is 10.6 Å². The van der Waals surface area contributed by atoms with Crippen molar-refractivity contribution in [3.8, 4) is 5.75 Å². The van der Waals surface area contributed by atoms with E-state index in [1.54, 1.807) is 17.7 Å². The van der Waals surface area contributed by atoms with Crippen molar-refractivity contribution in [3.05, 3.63) is 51.0 Å². The number of hydrogen-bond acceptors (Lipinski definition) is 4. The molecular weight excluding hydrogens is 258 g/mol. The predicted molar refractivity (Wildman–Crippen MR) is 77.8 cm³/mol. The normalized spacial score (nSPS) is 11.1. The molecule has 0 aliphatic carbocycles. The van der Waals surface area contributed by atoms with Crippen molar-refractivity contribution >= 4 is 23.2 Å². The second kappa shape index (κ2) is 5.36. The number of ketones is 1. The number of carbonyl (C=O) groups excluding carboxylic acids is 1. The van der Waals surface area contributed by atoms with E-state index in [1.165, 1.54) is 11.3 Å². The first-order valence-electron chi connectivity index (χ1n) is 5.91. The van der Waals surface area contributed by atoms with Crippen LogP contribution in [-0.4, -0.2) is 15.9 Å². The van der Waals surface area contributed by atoms with Gasteiger partial charge in [-0.2, -0.15) is 0 Å². The van der Waals surface area contributed by atoms with Crippen LogP contribution in [0, 0.1) is 20.8 Å². The van der Waals surface area contributed by atoms with Crippen molar-refractivity contribution in [2.75, 3.05) is 0 Å². The highest BCUT2D eigenvalue weighted by molar-refractivity contribution is 7.12. The van der Waals surface area contributed by atoms with Crippen molar-refractivity contribution in [1.82, 2.24) is 4.98 Å². The summed E-state index contributed by atoms with van der Waals surface area (Å²) in [5, 5.41) is 9.70. The highest BCUT2D eigenvalue weighted by Crippen LogP contribution is 2.23. The standard InChI is InChI=1S/C15H15NO2S/c1-9-6-12(7-10(2)14(9)18)4-5-13(17)15-11(3)16-8-19-15/h4-8,18H,1-3H3. The SMILES string of the molecule is Cc1cc(C=CC(=O)c2scnc2C)cc(C)c1O. The highest BCUT2D eigenvalue weighted by Gasteiger charge is 2.08. The zero-order chi connectivity index (χ0) is 14.0. The first-order valence-corrected chi connectivity index (χ1v) is 6.79. The first kappa shape index (κ1) is 13.5. The molecule has 0 aliphatic heterocycles. The Hall–Kier alpha value is -1.94. The van der Waals surface area contributed by atoms with Crippen LogP contribution in [-0.2, 0) is 0 Å². The van der Waals surface area contributed by atoms with E-state index in [9.17, 15) is 9.90 Å². The molecule has 0 saturated carbocycles. The van der Waals surface area contributed by atoms with Crippen LogP contribution < -0.4 is 0 Å². The molecular formula is C15H15NO2S. The number of aromatic hydroxyl groups is 1. The zero-order valence-electron chi connectivity index (χ0n) is 11.1. The third kappa shape index (κ3) is 2.90. The molecule has 0 aliphatic rings. The van der Waals surface area contributed by atoms with E-state index in [-0.39, 0.29) is 5.78 Å². The van der Waals surface area contributed by atoms with Crippen LogP contribution in [0.25, 0.3) is 6.08 Å². The number of nitrogens with zero attached hydrogens (tertiary/aromatic N) is 1. The summed E-state index contributed by atoms with van der Waals surface area (Å²) < 4.78 is 0.